The van der Waals surface area contributed by atoms with E-state index in [-0.39, 0.29) is 22.8 Å². The third-order valence-electron chi connectivity index (χ3n) is 2.24. The maximum atomic E-state index is 11.6. The van der Waals surface area contributed by atoms with E-state index in [1.165, 1.54) is 26.4 Å². The van der Waals surface area contributed by atoms with Crippen LogP contribution in [0.15, 0.2) is 12.1 Å². The molecule has 0 aromatic heterocycles. The maximum Gasteiger partial charge on any atom is 0.200 e. The van der Waals surface area contributed by atoms with E-state index in [1.54, 1.807) is 0 Å². The fourth-order valence-corrected chi connectivity index (χ4v) is 1.31. The van der Waals surface area contributed by atoms with E-state index in [0.29, 0.717) is 0 Å². The number of rotatable bonds is 5. The van der Waals surface area contributed by atoms with E-state index < -0.39 is 18.5 Å². The molecule has 0 fully saturated rings. The van der Waals surface area contributed by atoms with Gasteiger partial charge >= 0.3 is 0 Å². The molecule has 6 heteroatoms. The second kappa shape index (κ2) is 5.51. The number of benzene rings is 1. The van der Waals surface area contributed by atoms with Gasteiger partial charge in [-0.25, -0.2) is 0 Å². The van der Waals surface area contributed by atoms with Crippen LogP contribution in [0.2, 0.25) is 0 Å². The van der Waals surface area contributed by atoms with Crippen LogP contribution in [0, 0.1) is 0 Å². The molecular formula is C11H14O6. The summed E-state index contributed by atoms with van der Waals surface area (Å²) in [5, 5.41) is 27.5. The number of aliphatic hydroxyl groups excluding tert-OH is 2. The van der Waals surface area contributed by atoms with Gasteiger partial charge in [-0.1, -0.05) is 0 Å². The minimum atomic E-state index is -1.51. The van der Waals surface area contributed by atoms with Gasteiger partial charge in [0.1, 0.15) is 6.10 Å². The molecular weight excluding hydrogens is 228 g/mol. The molecule has 1 rings (SSSR count). The van der Waals surface area contributed by atoms with E-state index in [2.05, 4.69) is 0 Å². The highest BCUT2D eigenvalue weighted by molar-refractivity contribution is 6.00. The van der Waals surface area contributed by atoms with Crippen LogP contribution in [0.5, 0.6) is 17.2 Å². The van der Waals surface area contributed by atoms with Crippen LogP contribution in [-0.4, -0.2) is 48.0 Å². The van der Waals surface area contributed by atoms with Crippen LogP contribution in [0.4, 0.5) is 0 Å². The molecule has 1 aromatic rings. The number of hydrogen-bond acceptors (Lipinski definition) is 6. The Balaban J connectivity index is 3.22. The van der Waals surface area contributed by atoms with Gasteiger partial charge in [0.25, 0.3) is 0 Å². The monoisotopic (exact) mass is 242 g/mol. The molecule has 0 bridgehead atoms. The Kier molecular flexibility index (Phi) is 4.30. The Hall–Kier alpha value is -1.79. The topological polar surface area (TPSA) is 96.2 Å². The summed E-state index contributed by atoms with van der Waals surface area (Å²) in [6, 6.07) is 2.53. The summed E-state index contributed by atoms with van der Waals surface area (Å²) >= 11 is 0. The first kappa shape index (κ1) is 13.3. The van der Waals surface area contributed by atoms with Gasteiger partial charge in [0, 0.05) is 5.56 Å². The van der Waals surface area contributed by atoms with Crippen molar-refractivity contribution in [2.45, 2.75) is 6.10 Å². The van der Waals surface area contributed by atoms with Crippen LogP contribution in [0.3, 0.4) is 0 Å². The SMILES string of the molecule is COc1cc(C(=O)C(O)CO)cc(OC)c1O. The largest absolute Gasteiger partial charge is 0.502 e. The summed E-state index contributed by atoms with van der Waals surface area (Å²) in [7, 11) is 2.65. The highest BCUT2D eigenvalue weighted by atomic mass is 16.5. The van der Waals surface area contributed by atoms with Gasteiger partial charge in [-0.2, -0.15) is 0 Å². The molecule has 1 unspecified atom stereocenters. The first-order valence-electron chi connectivity index (χ1n) is 4.83. The van der Waals surface area contributed by atoms with Crippen molar-refractivity contribution in [2.24, 2.45) is 0 Å². The lowest BCUT2D eigenvalue weighted by atomic mass is 10.1. The van der Waals surface area contributed by atoms with Gasteiger partial charge in [-0.3, -0.25) is 4.79 Å². The summed E-state index contributed by atoms with van der Waals surface area (Å²) in [5.74, 6) is -0.801. The number of phenolic OH excluding ortho intramolecular Hbond substituents is 1. The van der Waals surface area contributed by atoms with Gasteiger partial charge in [0.15, 0.2) is 17.3 Å². The normalized spacial score (nSPS) is 12.0. The zero-order chi connectivity index (χ0) is 13.0. The van der Waals surface area contributed by atoms with E-state index >= 15 is 0 Å². The first-order valence-corrected chi connectivity index (χ1v) is 4.83. The fraction of sp³-hybridized carbons (Fsp3) is 0.364. The number of ketones is 1. The Bertz CT molecular complexity index is 389. The summed E-state index contributed by atoms with van der Waals surface area (Å²) < 4.78 is 9.73. The molecule has 0 amide bonds. The minimum Gasteiger partial charge on any atom is -0.502 e. The average Bonchev–Trinajstić information content (AvgIpc) is 2.37. The zero-order valence-electron chi connectivity index (χ0n) is 9.51. The first-order chi connectivity index (χ1) is 8.04. The molecule has 0 aliphatic carbocycles. The summed E-state index contributed by atoms with van der Waals surface area (Å²) in [5.41, 5.74) is 0.0815. The number of aromatic hydroxyl groups is 1. The van der Waals surface area contributed by atoms with Crippen LogP contribution in [0.1, 0.15) is 10.4 Å². The third-order valence-corrected chi connectivity index (χ3v) is 2.24. The molecule has 1 aromatic carbocycles. The third kappa shape index (κ3) is 2.66. The molecule has 0 saturated heterocycles. The Morgan fingerprint density at radius 2 is 1.76 bits per heavy atom. The number of carbonyl (C=O) groups excluding carboxylic acids is 1. The van der Waals surface area contributed by atoms with Crippen molar-refractivity contribution in [1.29, 1.82) is 0 Å². The van der Waals surface area contributed by atoms with Crippen LogP contribution >= 0.6 is 0 Å². The molecule has 0 spiro atoms. The molecule has 1 atom stereocenters. The standard InChI is InChI=1S/C11H14O6/c1-16-8-3-6(10(14)7(13)5-12)4-9(17-2)11(8)15/h3-4,7,12-13,15H,5H2,1-2H3. The molecule has 0 aliphatic heterocycles. The molecule has 3 N–H and O–H groups in total. The zero-order valence-corrected chi connectivity index (χ0v) is 9.51. The van der Waals surface area contributed by atoms with Gasteiger partial charge in [-0.15, -0.1) is 0 Å². The summed E-state index contributed by atoms with van der Waals surface area (Å²) in [4.78, 5) is 11.6. The highest BCUT2D eigenvalue weighted by Crippen LogP contribution is 2.37. The minimum absolute atomic E-state index is 0.0536. The summed E-state index contributed by atoms with van der Waals surface area (Å²) in [6.45, 7) is -0.676. The summed E-state index contributed by atoms with van der Waals surface area (Å²) in [6.07, 6.45) is -1.51. The molecule has 94 valence electrons. The molecule has 17 heavy (non-hydrogen) atoms. The van der Waals surface area contributed by atoms with Gasteiger partial charge in [0.2, 0.25) is 5.75 Å². The van der Waals surface area contributed by atoms with Crippen molar-refractivity contribution < 1.29 is 29.6 Å². The number of carbonyl (C=O) groups is 1. The van der Waals surface area contributed by atoms with E-state index in [4.69, 9.17) is 14.6 Å². The van der Waals surface area contributed by atoms with Crippen molar-refractivity contribution in [1.82, 2.24) is 0 Å². The fourth-order valence-electron chi connectivity index (χ4n) is 1.31. The Morgan fingerprint density at radius 1 is 1.29 bits per heavy atom. The Labute approximate surface area is 98.0 Å². The number of ether oxygens (including phenoxy) is 2. The van der Waals surface area contributed by atoms with Crippen molar-refractivity contribution >= 4 is 5.78 Å². The number of phenols is 1. The predicted molar refractivity (Wildman–Crippen MR) is 58.6 cm³/mol. The van der Waals surface area contributed by atoms with Crippen molar-refractivity contribution in [3.8, 4) is 17.2 Å². The highest BCUT2D eigenvalue weighted by Gasteiger charge is 2.20. The van der Waals surface area contributed by atoms with Gasteiger partial charge in [-0.05, 0) is 12.1 Å². The second-order valence-electron chi connectivity index (χ2n) is 3.29. The van der Waals surface area contributed by atoms with Crippen molar-refractivity contribution in [3.63, 3.8) is 0 Å². The number of aliphatic hydroxyl groups is 2. The van der Waals surface area contributed by atoms with Crippen LogP contribution < -0.4 is 9.47 Å². The van der Waals surface area contributed by atoms with Gasteiger partial charge < -0.3 is 24.8 Å². The Morgan fingerprint density at radius 3 is 2.12 bits per heavy atom. The number of Topliss-reactive ketones (excluding diaryl/α,β-unsaturated/α-hetero) is 1. The van der Waals surface area contributed by atoms with Crippen LogP contribution in [-0.2, 0) is 0 Å². The van der Waals surface area contributed by atoms with Crippen molar-refractivity contribution in [3.05, 3.63) is 17.7 Å². The number of hydrogen-bond donors (Lipinski definition) is 3. The second-order valence-corrected chi connectivity index (χ2v) is 3.29. The van der Waals surface area contributed by atoms with Crippen LogP contribution in [0.25, 0.3) is 0 Å². The number of methoxy groups -OCH3 is 2. The smallest absolute Gasteiger partial charge is 0.200 e. The average molecular weight is 242 g/mol. The quantitative estimate of drug-likeness (QED) is 0.626. The molecule has 6 nitrogen and oxygen atoms in total. The predicted octanol–water partition coefficient (Wildman–Crippen LogP) is -0.0547. The van der Waals surface area contributed by atoms with E-state index in [9.17, 15) is 15.0 Å². The lowest BCUT2D eigenvalue weighted by Gasteiger charge is -2.12. The van der Waals surface area contributed by atoms with Gasteiger partial charge in [0.05, 0.1) is 20.8 Å². The van der Waals surface area contributed by atoms with E-state index in [0.717, 1.165) is 0 Å². The molecule has 0 aliphatic rings. The maximum absolute atomic E-state index is 11.6. The lowest BCUT2D eigenvalue weighted by Crippen LogP contribution is -2.24. The molecule has 0 saturated carbocycles. The molecule has 0 radical (unpaired) electrons. The van der Waals surface area contributed by atoms with Crippen molar-refractivity contribution in [2.75, 3.05) is 20.8 Å². The van der Waals surface area contributed by atoms with E-state index in [1.807, 2.05) is 0 Å². The lowest BCUT2D eigenvalue weighted by molar-refractivity contribution is 0.0587. The molecule has 0 heterocycles.